The maximum Gasteiger partial charge on any atom is 0.270 e. The zero-order valence-corrected chi connectivity index (χ0v) is 13.1. The second-order valence-corrected chi connectivity index (χ2v) is 6.67. The number of carbonyl (C=O) groups is 1. The monoisotopic (exact) mass is 312 g/mol. The summed E-state index contributed by atoms with van der Waals surface area (Å²) in [5.74, 6) is -0.144. The van der Waals surface area contributed by atoms with Crippen LogP contribution in [0.5, 0.6) is 0 Å². The van der Waals surface area contributed by atoms with Crippen LogP contribution in [0.4, 0.5) is 4.39 Å². The molecule has 0 aliphatic heterocycles. The lowest BCUT2D eigenvalue weighted by atomic mass is 9.53. The number of nitrogens with zero attached hydrogens (tertiary/aromatic N) is 4. The van der Waals surface area contributed by atoms with E-state index in [0.717, 1.165) is 11.8 Å². The summed E-state index contributed by atoms with van der Waals surface area (Å²) in [5.41, 5.74) is 0.430. The molecule has 0 saturated heterocycles. The van der Waals surface area contributed by atoms with Gasteiger partial charge in [0.05, 0.1) is 5.52 Å². The molecule has 118 valence electrons. The number of pyridine rings is 1. The highest BCUT2D eigenvalue weighted by Crippen LogP contribution is 2.58. The van der Waals surface area contributed by atoms with Crippen LogP contribution in [0.25, 0.3) is 10.9 Å². The fourth-order valence-electron chi connectivity index (χ4n) is 4.07. The molecule has 0 bridgehead atoms. The van der Waals surface area contributed by atoms with E-state index in [-0.39, 0.29) is 17.9 Å². The number of amides is 1. The van der Waals surface area contributed by atoms with Crippen molar-refractivity contribution < 1.29 is 9.18 Å². The number of aromatic nitrogens is 2. The van der Waals surface area contributed by atoms with E-state index in [1.165, 1.54) is 0 Å². The van der Waals surface area contributed by atoms with Crippen molar-refractivity contribution in [1.29, 1.82) is 5.26 Å². The van der Waals surface area contributed by atoms with Crippen LogP contribution in [-0.2, 0) is 7.05 Å². The molecule has 2 aromatic rings. The molecule has 3 atom stereocenters. The fraction of sp³-hybridized carbons (Fsp3) is 0.471. The Balaban J connectivity index is 1.68. The Bertz CT molecular complexity index is 867. The van der Waals surface area contributed by atoms with E-state index in [9.17, 15) is 14.4 Å². The normalized spacial score (nSPS) is 28.4. The van der Waals surface area contributed by atoms with Gasteiger partial charge in [-0.3, -0.25) is 4.79 Å². The second-order valence-electron chi connectivity index (χ2n) is 6.67. The van der Waals surface area contributed by atoms with Crippen molar-refractivity contribution in [2.24, 2.45) is 13.0 Å². The van der Waals surface area contributed by atoms with E-state index >= 15 is 0 Å². The minimum atomic E-state index is -1.03. The first-order valence-corrected chi connectivity index (χ1v) is 7.77. The first kappa shape index (κ1) is 14.2. The number of carbonyl (C=O) groups excluding carboxylic acids is 1. The third-order valence-corrected chi connectivity index (χ3v) is 5.64. The quantitative estimate of drug-likeness (QED) is 0.855. The summed E-state index contributed by atoms with van der Waals surface area (Å²) >= 11 is 0. The summed E-state index contributed by atoms with van der Waals surface area (Å²) in [6.07, 6.45) is 3.49. The summed E-state index contributed by atoms with van der Waals surface area (Å²) in [7, 11) is 3.50. The van der Waals surface area contributed by atoms with Crippen LogP contribution in [-0.4, -0.2) is 39.1 Å². The van der Waals surface area contributed by atoms with Gasteiger partial charge in [0.2, 0.25) is 0 Å². The van der Waals surface area contributed by atoms with Gasteiger partial charge >= 0.3 is 0 Å². The highest BCUT2D eigenvalue weighted by Gasteiger charge is 2.62. The van der Waals surface area contributed by atoms with Crippen molar-refractivity contribution in [2.75, 3.05) is 7.05 Å². The molecule has 0 radical (unpaired) electrons. The molecule has 6 heteroatoms. The van der Waals surface area contributed by atoms with Gasteiger partial charge in [0.25, 0.3) is 5.91 Å². The highest BCUT2D eigenvalue weighted by molar-refractivity contribution is 5.99. The number of halogens is 1. The number of hydrogen-bond donors (Lipinski definition) is 0. The molecule has 23 heavy (non-hydrogen) atoms. The van der Waals surface area contributed by atoms with Crippen LogP contribution in [0.3, 0.4) is 0 Å². The summed E-state index contributed by atoms with van der Waals surface area (Å²) in [6, 6.07) is 5.60. The van der Waals surface area contributed by atoms with E-state index in [1.807, 2.05) is 0 Å². The number of fused-ring (bicyclic) bond motifs is 2. The summed E-state index contributed by atoms with van der Waals surface area (Å²) in [5, 5.41) is 10.0. The molecule has 0 spiro atoms. The van der Waals surface area contributed by atoms with Crippen LogP contribution in [0.2, 0.25) is 0 Å². The maximum atomic E-state index is 14.1. The lowest BCUT2D eigenvalue weighted by Gasteiger charge is -2.60. The van der Waals surface area contributed by atoms with Crippen molar-refractivity contribution in [3.63, 3.8) is 0 Å². The van der Waals surface area contributed by atoms with Crippen molar-refractivity contribution >= 4 is 16.8 Å². The van der Waals surface area contributed by atoms with Gasteiger partial charge in [0, 0.05) is 44.1 Å². The first-order valence-electron chi connectivity index (χ1n) is 7.77. The molecule has 2 aromatic heterocycles. The lowest BCUT2D eigenvalue weighted by molar-refractivity contribution is -0.152. The molecular weight excluding hydrogens is 295 g/mol. The summed E-state index contributed by atoms with van der Waals surface area (Å²) in [6.45, 7) is 0. The molecule has 3 unspecified atom stereocenters. The van der Waals surface area contributed by atoms with E-state index in [4.69, 9.17) is 0 Å². The van der Waals surface area contributed by atoms with Crippen LogP contribution in [0.1, 0.15) is 35.4 Å². The van der Waals surface area contributed by atoms with Gasteiger partial charge in [-0.1, -0.05) is 0 Å². The second kappa shape index (κ2) is 4.54. The van der Waals surface area contributed by atoms with Gasteiger partial charge in [-0.05, 0) is 25.0 Å². The molecule has 2 saturated carbocycles. The smallest absolute Gasteiger partial charge is 0.270 e. The van der Waals surface area contributed by atoms with E-state index in [0.29, 0.717) is 29.7 Å². The van der Waals surface area contributed by atoms with Gasteiger partial charge < -0.3 is 9.47 Å². The Labute approximate surface area is 133 Å². The van der Waals surface area contributed by atoms with Crippen LogP contribution in [0.15, 0.2) is 18.3 Å². The third kappa shape index (κ3) is 1.76. The summed E-state index contributed by atoms with van der Waals surface area (Å²) in [4.78, 5) is 18.5. The molecular formula is C17H17FN4O. The van der Waals surface area contributed by atoms with Gasteiger partial charge in [-0.15, -0.1) is 0 Å². The predicted octanol–water partition coefficient (Wildman–Crippen LogP) is 2.41. The zero-order valence-electron chi connectivity index (χ0n) is 13.1. The Morgan fingerprint density at radius 2 is 2.39 bits per heavy atom. The fourth-order valence-corrected chi connectivity index (χ4v) is 4.07. The number of hydrogen-bond acceptors (Lipinski definition) is 3. The average molecular weight is 312 g/mol. The lowest BCUT2D eigenvalue weighted by Crippen LogP contribution is -2.67. The molecule has 2 aliphatic carbocycles. The Hall–Kier alpha value is -2.42. The molecule has 2 fully saturated rings. The molecule has 1 amide bonds. The maximum absolute atomic E-state index is 14.1. The predicted molar refractivity (Wildman–Crippen MR) is 82.5 cm³/mol. The largest absolute Gasteiger partial charge is 0.337 e. The van der Waals surface area contributed by atoms with Crippen molar-refractivity contribution in [3.8, 4) is 6.07 Å². The highest BCUT2D eigenvalue weighted by atomic mass is 19.1. The SMILES string of the molecule is CN(C(=O)c1cc2ccnc(C#N)c2n1C)C1CC2(F)CCC12. The van der Waals surface area contributed by atoms with Gasteiger partial charge in [0.15, 0.2) is 5.69 Å². The van der Waals surface area contributed by atoms with E-state index in [1.54, 1.807) is 41.9 Å². The molecule has 4 rings (SSSR count). The minimum Gasteiger partial charge on any atom is -0.337 e. The van der Waals surface area contributed by atoms with Gasteiger partial charge in [-0.25, -0.2) is 9.37 Å². The zero-order chi connectivity index (χ0) is 16.4. The Morgan fingerprint density at radius 1 is 1.61 bits per heavy atom. The topological polar surface area (TPSA) is 61.9 Å². The number of nitriles is 1. The molecule has 0 aromatic carbocycles. The molecule has 2 heterocycles. The third-order valence-electron chi connectivity index (χ3n) is 5.64. The minimum absolute atomic E-state index is 0.0116. The number of rotatable bonds is 2. The van der Waals surface area contributed by atoms with Crippen molar-refractivity contribution in [2.45, 2.75) is 31.0 Å². The summed E-state index contributed by atoms with van der Waals surface area (Å²) < 4.78 is 15.8. The van der Waals surface area contributed by atoms with Crippen LogP contribution in [0, 0.1) is 17.2 Å². The number of aryl methyl sites for hydroxylation is 1. The van der Waals surface area contributed by atoms with Gasteiger partial charge in [-0.2, -0.15) is 5.26 Å². The van der Waals surface area contributed by atoms with E-state index in [2.05, 4.69) is 11.1 Å². The van der Waals surface area contributed by atoms with Crippen LogP contribution < -0.4 is 0 Å². The average Bonchev–Trinajstić information content (AvgIpc) is 2.89. The van der Waals surface area contributed by atoms with E-state index < -0.39 is 5.67 Å². The molecule has 0 N–H and O–H groups in total. The van der Waals surface area contributed by atoms with Crippen LogP contribution >= 0.6 is 0 Å². The molecule has 2 aliphatic rings. The van der Waals surface area contributed by atoms with Crippen molar-refractivity contribution in [1.82, 2.24) is 14.5 Å². The van der Waals surface area contributed by atoms with Crippen molar-refractivity contribution in [3.05, 3.63) is 29.7 Å². The van der Waals surface area contributed by atoms with Gasteiger partial charge in [0.1, 0.15) is 17.4 Å². The molecule has 5 nitrogen and oxygen atoms in total. The first-order chi connectivity index (χ1) is 11.0. The Morgan fingerprint density at radius 3 is 2.96 bits per heavy atom. The number of alkyl halides is 1. The Kier molecular flexibility index (Phi) is 2.80. The standard InChI is InChI=1S/C17H17FN4O/c1-21-13(7-10-4-6-20-12(9-19)15(10)21)16(23)22(2)14-8-17(18)5-3-11(14)17/h4,6-7,11,14H,3,5,8H2,1-2H3.